The second kappa shape index (κ2) is 8.88. The number of hydrogen-bond donors (Lipinski definition) is 1. The van der Waals surface area contributed by atoms with Crippen LogP contribution in [0.1, 0.15) is 60.9 Å². The maximum absolute atomic E-state index is 12.3. The van der Waals surface area contributed by atoms with E-state index in [9.17, 15) is 4.79 Å². The molecule has 1 unspecified atom stereocenters. The average Bonchev–Trinajstić information content (AvgIpc) is 2.67. The fourth-order valence-electron chi connectivity index (χ4n) is 3.55. The van der Waals surface area contributed by atoms with Crippen molar-refractivity contribution in [1.29, 1.82) is 0 Å². The van der Waals surface area contributed by atoms with E-state index in [-0.39, 0.29) is 11.9 Å². The highest BCUT2D eigenvalue weighted by Crippen LogP contribution is 2.26. The van der Waals surface area contributed by atoms with Crippen LogP contribution in [0.25, 0.3) is 0 Å². The standard InChI is InChI=1S/C23H29NO2/c1-3-22(20-11-10-18-6-4-5-7-19(18)16-20)24-23(25)14-15-26-21-12-8-17(2)9-13-21/h8-13,16,22H,3-7,14-15H2,1-2H3,(H,24,25). The van der Waals surface area contributed by atoms with Gasteiger partial charge in [0.05, 0.1) is 19.1 Å². The van der Waals surface area contributed by atoms with E-state index in [0.717, 1.165) is 18.6 Å². The van der Waals surface area contributed by atoms with Crippen LogP contribution in [-0.2, 0) is 17.6 Å². The van der Waals surface area contributed by atoms with Crippen molar-refractivity contribution in [3.8, 4) is 5.75 Å². The van der Waals surface area contributed by atoms with Gasteiger partial charge in [-0.25, -0.2) is 0 Å². The molecule has 1 amide bonds. The van der Waals surface area contributed by atoms with Gasteiger partial charge in [0.25, 0.3) is 0 Å². The predicted octanol–water partition coefficient (Wildman–Crippen LogP) is 4.91. The molecule has 1 atom stereocenters. The van der Waals surface area contributed by atoms with E-state index >= 15 is 0 Å². The van der Waals surface area contributed by atoms with Crippen LogP contribution in [0.15, 0.2) is 42.5 Å². The van der Waals surface area contributed by atoms with Gasteiger partial charge in [-0.3, -0.25) is 4.79 Å². The Morgan fingerprint density at radius 2 is 1.81 bits per heavy atom. The van der Waals surface area contributed by atoms with Crippen LogP contribution in [0.3, 0.4) is 0 Å². The Labute approximate surface area is 156 Å². The zero-order valence-electron chi connectivity index (χ0n) is 15.9. The Morgan fingerprint density at radius 1 is 1.08 bits per heavy atom. The van der Waals surface area contributed by atoms with Crippen molar-refractivity contribution in [3.05, 3.63) is 64.7 Å². The third-order valence-corrected chi connectivity index (χ3v) is 5.14. The molecule has 3 nitrogen and oxygen atoms in total. The summed E-state index contributed by atoms with van der Waals surface area (Å²) in [6.45, 7) is 4.56. The van der Waals surface area contributed by atoms with Gasteiger partial charge in [0.1, 0.15) is 5.75 Å². The lowest BCUT2D eigenvalue weighted by atomic mass is 9.89. The Morgan fingerprint density at radius 3 is 2.54 bits per heavy atom. The largest absolute Gasteiger partial charge is 0.493 e. The number of hydrogen-bond acceptors (Lipinski definition) is 2. The minimum atomic E-state index is 0.0432. The fourth-order valence-corrected chi connectivity index (χ4v) is 3.55. The quantitative estimate of drug-likeness (QED) is 0.770. The van der Waals surface area contributed by atoms with E-state index in [2.05, 4.69) is 30.4 Å². The molecule has 3 heteroatoms. The van der Waals surface area contributed by atoms with Crippen molar-refractivity contribution < 1.29 is 9.53 Å². The van der Waals surface area contributed by atoms with Crippen molar-refractivity contribution in [1.82, 2.24) is 5.32 Å². The van der Waals surface area contributed by atoms with Gasteiger partial charge in [-0.2, -0.15) is 0 Å². The van der Waals surface area contributed by atoms with Gasteiger partial charge in [-0.05, 0) is 67.9 Å². The van der Waals surface area contributed by atoms with E-state index in [1.165, 1.54) is 41.5 Å². The third kappa shape index (κ3) is 4.87. The summed E-state index contributed by atoms with van der Waals surface area (Å²) in [6.07, 6.45) is 6.18. The molecule has 0 saturated carbocycles. The molecule has 0 radical (unpaired) electrons. The first-order valence-electron chi connectivity index (χ1n) is 9.76. The summed E-state index contributed by atoms with van der Waals surface area (Å²) in [7, 11) is 0. The number of amides is 1. The molecule has 0 spiro atoms. The van der Waals surface area contributed by atoms with E-state index in [1.807, 2.05) is 31.2 Å². The minimum absolute atomic E-state index is 0.0432. The summed E-state index contributed by atoms with van der Waals surface area (Å²) in [6, 6.07) is 14.7. The molecular formula is C23H29NO2. The second-order valence-electron chi connectivity index (χ2n) is 7.18. The monoisotopic (exact) mass is 351 g/mol. The maximum atomic E-state index is 12.3. The summed E-state index contributed by atoms with van der Waals surface area (Å²) in [5, 5.41) is 3.17. The van der Waals surface area contributed by atoms with Crippen LogP contribution in [0.5, 0.6) is 5.75 Å². The minimum Gasteiger partial charge on any atom is -0.493 e. The van der Waals surface area contributed by atoms with Crippen molar-refractivity contribution >= 4 is 5.91 Å². The van der Waals surface area contributed by atoms with E-state index < -0.39 is 0 Å². The molecule has 0 fully saturated rings. The molecule has 2 aromatic rings. The molecule has 26 heavy (non-hydrogen) atoms. The van der Waals surface area contributed by atoms with E-state index in [4.69, 9.17) is 4.74 Å². The van der Waals surface area contributed by atoms with Crippen LogP contribution in [0, 0.1) is 6.92 Å². The van der Waals surface area contributed by atoms with Crippen LogP contribution in [-0.4, -0.2) is 12.5 Å². The number of rotatable bonds is 7. The number of ether oxygens (including phenoxy) is 1. The zero-order chi connectivity index (χ0) is 18.4. The molecular weight excluding hydrogens is 322 g/mol. The molecule has 138 valence electrons. The topological polar surface area (TPSA) is 38.3 Å². The molecule has 1 N–H and O–H groups in total. The van der Waals surface area contributed by atoms with E-state index in [1.54, 1.807) is 0 Å². The zero-order valence-corrected chi connectivity index (χ0v) is 15.9. The maximum Gasteiger partial charge on any atom is 0.223 e. The molecule has 0 saturated heterocycles. The summed E-state index contributed by atoms with van der Waals surface area (Å²) in [5.74, 6) is 0.854. The van der Waals surface area contributed by atoms with Crippen LogP contribution < -0.4 is 10.1 Å². The molecule has 0 heterocycles. The van der Waals surface area contributed by atoms with Gasteiger partial charge in [0.15, 0.2) is 0 Å². The predicted molar refractivity (Wildman–Crippen MR) is 106 cm³/mol. The van der Waals surface area contributed by atoms with Crippen LogP contribution >= 0.6 is 0 Å². The van der Waals surface area contributed by atoms with Gasteiger partial charge in [0.2, 0.25) is 5.91 Å². The van der Waals surface area contributed by atoms with Gasteiger partial charge in [-0.1, -0.05) is 42.8 Å². The van der Waals surface area contributed by atoms with Crippen molar-refractivity contribution in [2.45, 2.75) is 58.4 Å². The molecule has 1 aliphatic carbocycles. The summed E-state index contributed by atoms with van der Waals surface area (Å²) in [4.78, 5) is 12.3. The third-order valence-electron chi connectivity index (χ3n) is 5.14. The summed E-state index contributed by atoms with van der Waals surface area (Å²) >= 11 is 0. The fraction of sp³-hybridized carbons (Fsp3) is 0.435. The Bertz CT molecular complexity index is 736. The number of fused-ring (bicyclic) bond motifs is 1. The highest BCUT2D eigenvalue weighted by molar-refractivity contribution is 5.76. The Kier molecular flexibility index (Phi) is 6.32. The van der Waals surface area contributed by atoms with Gasteiger partial charge in [-0.15, -0.1) is 0 Å². The highest BCUT2D eigenvalue weighted by Gasteiger charge is 2.16. The van der Waals surface area contributed by atoms with Crippen molar-refractivity contribution in [2.75, 3.05) is 6.61 Å². The number of aryl methyl sites for hydroxylation is 3. The second-order valence-corrected chi connectivity index (χ2v) is 7.18. The first kappa shape index (κ1) is 18.5. The normalized spacial score (nSPS) is 14.4. The molecule has 0 bridgehead atoms. The number of nitrogens with one attached hydrogen (secondary N) is 1. The molecule has 1 aliphatic rings. The van der Waals surface area contributed by atoms with Crippen LogP contribution in [0.2, 0.25) is 0 Å². The van der Waals surface area contributed by atoms with Gasteiger partial charge >= 0.3 is 0 Å². The first-order chi connectivity index (χ1) is 12.7. The van der Waals surface area contributed by atoms with Crippen molar-refractivity contribution in [2.24, 2.45) is 0 Å². The summed E-state index contributed by atoms with van der Waals surface area (Å²) < 4.78 is 5.67. The highest BCUT2D eigenvalue weighted by atomic mass is 16.5. The smallest absolute Gasteiger partial charge is 0.223 e. The average molecular weight is 351 g/mol. The lowest BCUT2D eigenvalue weighted by Crippen LogP contribution is -2.29. The lowest BCUT2D eigenvalue weighted by molar-refractivity contribution is -0.122. The Balaban J connectivity index is 1.52. The lowest BCUT2D eigenvalue weighted by Gasteiger charge is -2.21. The number of benzene rings is 2. The summed E-state index contributed by atoms with van der Waals surface area (Å²) in [5.41, 5.74) is 5.36. The van der Waals surface area contributed by atoms with E-state index in [0.29, 0.717) is 13.0 Å². The Hall–Kier alpha value is -2.29. The van der Waals surface area contributed by atoms with Gasteiger partial charge in [0, 0.05) is 0 Å². The number of carbonyl (C=O) groups excluding carboxylic acids is 1. The SMILES string of the molecule is CCC(NC(=O)CCOc1ccc(C)cc1)c1ccc2c(c1)CCCC2. The first-order valence-corrected chi connectivity index (χ1v) is 9.76. The number of carbonyl (C=O) groups is 1. The van der Waals surface area contributed by atoms with Gasteiger partial charge < -0.3 is 10.1 Å². The van der Waals surface area contributed by atoms with Crippen LogP contribution in [0.4, 0.5) is 0 Å². The molecule has 0 aromatic heterocycles. The molecule has 3 rings (SSSR count). The van der Waals surface area contributed by atoms with Crippen molar-refractivity contribution in [3.63, 3.8) is 0 Å². The molecule has 2 aromatic carbocycles. The molecule has 0 aliphatic heterocycles.